The van der Waals surface area contributed by atoms with Crippen LogP contribution in [0, 0.1) is 5.82 Å². The van der Waals surface area contributed by atoms with Gasteiger partial charge in [0.05, 0.1) is 12.1 Å². The van der Waals surface area contributed by atoms with Crippen molar-refractivity contribution in [3.63, 3.8) is 0 Å². The summed E-state index contributed by atoms with van der Waals surface area (Å²) in [6.45, 7) is 2.21. The van der Waals surface area contributed by atoms with Crippen molar-refractivity contribution < 1.29 is 18.8 Å². The quantitative estimate of drug-likeness (QED) is 0.460. The van der Waals surface area contributed by atoms with E-state index in [9.17, 15) is 18.8 Å². The summed E-state index contributed by atoms with van der Waals surface area (Å²) in [5.41, 5.74) is 1.41. The van der Waals surface area contributed by atoms with Gasteiger partial charge in [-0.2, -0.15) is 0 Å². The average Bonchev–Trinajstić information content (AvgIpc) is 3.21. The van der Waals surface area contributed by atoms with E-state index in [1.54, 1.807) is 29.6 Å². The zero-order valence-electron chi connectivity index (χ0n) is 17.8. The van der Waals surface area contributed by atoms with Crippen molar-refractivity contribution in [1.29, 1.82) is 0 Å². The lowest BCUT2D eigenvalue weighted by atomic mass is 10.2. The zero-order chi connectivity index (χ0) is 23.8. The number of halogens is 2. The summed E-state index contributed by atoms with van der Waals surface area (Å²) in [5.74, 6) is -1.35. The number of rotatable bonds is 9. The molecule has 3 rings (SSSR count). The summed E-state index contributed by atoms with van der Waals surface area (Å²) in [7, 11) is 0. The molecule has 0 saturated carbocycles. The summed E-state index contributed by atoms with van der Waals surface area (Å²) in [4.78, 5) is 43.2. The Kier molecular flexibility index (Phi) is 8.51. The number of carbonyl (C=O) groups is 3. The van der Waals surface area contributed by atoms with E-state index in [2.05, 4.69) is 15.6 Å². The smallest absolute Gasteiger partial charge is 0.254 e. The van der Waals surface area contributed by atoms with Gasteiger partial charge in [0.15, 0.2) is 5.13 Å². The van der Waals surface area contributed by atoms with Gasteiger partial charge < -0.3 is 15.5 Å². The first-order valence-corrected chi connectivity index (χ1v) is 11.4. The summed E-state index contributed by atoms with van der Waals surface area (Å²) < 4.78 is 13.0. The molecule has 0 atom stereocenters. The minimum absolute atomic E-state index is 0.000753. The molecule has 7 nitrogen and oxygen atoms in total. The summed E-state index contributed by atoms with van der Waals surface area (Å²) in [6.07, 6.45) is 0.692. The molecule has 33 heavy (non-hydrogen) atoms. The monoisotopic (exact) mass is 488 g/mol. The Balaban J connectivity index is 1.55. The molecule has 1 aromatic heterocycles. The molecule has 0 saturated heterocycles. The number of anilines is 2. The van der Waals surface area contributed by atoms with Crippen LogP contribution in [0.4, 0.5) is 15.2 Å². The van der Waals surface area contributed by atoms with Crippen LogP contribution in [0.1, 0.15) is 29.4 Å². The molecule has 3 amide bonds. The molecule has 0 spiro atoms. The fourth-order valence-corrected chi connectivity index (χ4v) is 3.83. The molecule has 10 heteroatoms. The van der Waals surface area contributed by atoms with E-state index >= 15 is 0 Å². The molecule has 0 aliphatic rings. The molecule has 0 fully saturated rings. The fraction of sp³-hybridized carbons (Fsp3) is 0.217. The third-order valence-electron chi connectivity index (χ3n) is 4.47. The van der Waals surface area contributed by atoms with Crippen LogP contribution in [0.5, 0.6) is 0 Å². The van der Waals surface area contributed by atoms with Gasteiger partial charge in [-0.05, 0) is 55.0 Å². The molecular weight excluding hydrogens is 467 g/mol. The lowest BCUT2D eigenvalue weighted by Gasteiger charge is -2.21. The maximum absolute atomic E-state index is 13.0. The van der Waals surface area contributed by atoms with E-state index in [-0.39, 0.29) is 36.5 Å². The molecule has 0 aliphatic heterocycles. The molecule has 0 bridgehead atoms. The van der Waals surface area contributed by atoms with Crippen LogP contribution >= 0.6 is 22.9 Å². The highest BCUT2D eigenvalue weighted by atomic mass is 35.5. The zero-order valence-corrected chi connectivity index (χ0v) is 19.4. The summed E-state index contributed by atoms with van der Waals surface area (Å²) in [5, 5.41) is 7.86. The standard InChI is InChI=1S/C23H22ClFN4O3S/c1-2-11-29(22(32)15-3-5-16(24)6-4-15)13-21(31)28-23-27-19(14-33-23)12-20(30)26-18-9-7-17(25)8-10-18/h3-10,14H,2,11-13H2,1H3,(H,26,30)(H,27,28,31). The van der Waals surface area contributed by atoms with Crippen molar-refractivity contribution >= 4 is 51.5 Å². The number of nitrogens with one attached hydrogen (secondary N) is 2. The Morgan fingerprint density at radius 1 is 1.03 bits per heavy atom. The molecule has 0 radical (unpaired) electrons. The molecule has 1 heterocycles. The third kappa shape index (κ3) is 7.37. The van der Waals surface area contributed by atoms with E-state index < -0.39 is 0 Å². The highest BCUT2D eigenvalue weighted by Gasteiger charge is 2.19. The van der Waals surface area contributed by atoms with Gasteiger partial charge in [-0.1, -0.05) is 18.5 Å². The minimum Gasteiger partial charge on any atom is -0.329 e. The van der Waals surface area contributed by atoms with Crippen molar-refractivity contribution in [2.24, 2.45) is 0 Å². The van der Waals surface area contributed by atoms with Gasteiger partial charge in [0, 0.05) is 28.2 Å². The van der Waals surface area contributed by atoms with Crippen molar-refractivity contribution in [3.05, 3.63) is 76.0 Å². The van der Waals surface area contributed by atoms with Crippen molar-refractivity contribution in [2.75, 3.05) is 23.7 Å². The molecule has 3 aromatic rings. The topological polar surface area (TPSA) is 91.4 Å². The Morgan fingerprint density at radius 3 is 2.39 bits per heavy atom. The predicted molar refractivity (Wildman–Crippen MR) is 127 cm³/mol. The van der Waals surface area contributed by atoms with Crippen LogP contribution in [-0.2, 0) is 16.0 Å². The van der Waals surface area contributed by atoms with Crippen molar-refractivity contribution in [1.82, 2.24) is 9.88 Å². The van der Waals surface area contributed by atoms with E-state index in [1.165, 1.54) is 40.5 Å². The lowest BCUT2D eigenvalue weighted by Crippen LogP contribution is -2.38. The maximum atomic E-state index is 13.0. The molecule has 0 aliphatic carbocycles. The van der Waals surface area contributed by atoms with Crippen LogP contribution in [0.15, 0.2) is 53.9 Å². The summed E-state index contributed by atoms with van der Waals surface area (Å²) in [6, 6.07) is 11.9. The van der Waals surface area contributed by atoms with E-state index in [0.717, 1.165) is 0 Å². The first-order valence-electron chi connectivity index (χ1n) is 10.2. The van der Waals surface area contributed by atoms with Crippen LogP contribution < -0.4 is 10.6 Å². The van der Waals surface area contributed by atoms with E-state index in [1.807, 2.05) is 6.92 Å². The summed E-state index contributed by atoms with van der Waals surface area (Å²) >= 11 is 7.06. The second-order valence-electron chi connectivity index (χ2n) is 7.16. The average molecular weight is 489 g/mol. The second kappa shape index (κ2) is 11.5. The maximum Gasteiger partial charge on any atom is 0.254 e. The van der Waals surface area contributed by atoms with Gasteiger partial charge in [-0.3, -0.25) is 14.4 Å². The van der Waals surface area contributed by atoms with Gasteiger partial charge in [0.1, 0.15) is 12.4 Å². The van der Waals surface area contributed by atoms with Gasteiger partial charge in [-0.15, -0.1) is 11.3 Å². The normalized spacial score (nSPS) is 10.5. The van der Waals surface area contributed by atoms with Crippen LogP contribution in [0.3, 0.4) is 0 Å². The number of amides is 3. The van der Waals surface area contributed by atoms with Gasteiger partial charge in [-0.25, -0.2) is 9.37 Å². The Labute approximate surface area is 199 Å². The Morgan fingerprint density at radius 2 is 1.73 bits per heavy atom. The highest BCUT2D eigenvalue weighted by Crippen LogP contribution is 2.17. The van der Waals surface area contributed by atoms with Crippen LogP contribution in [0.2, 0.25) is 5.02 Å². The van der Waals surface area contributed by atoms with Crippen LogP contribution in [-0.4, -0.2) is 40.7 Å². The first-order chi connectivity index (χ1) is 15.8. The molecule has 2 aromatic carbocycles. The predicted octanol–water partition coefficient (Wildman–Crippen LogP) is 4.61. The first kappa shape index (κ1) is 24.3. The molecular formula is C23H22ClFN4O3S. The largest absolute Gasteiger partial charge is 0.329 e. The van der Waals surface area contributed by atoms with Gasteiger partial charge in [0.2, 0.25) is 11.8 Å². The lowest BCUT2D eigenvalue weighted by molar-refractivity contribution is -0.117. The molecule has 2 N–H and O–H groups in total. The van der Waals surface area contributed by atoms with Crippen molar-refractivity contribution in [2.45, 2.75) is 19.8 Å². The fourth-order valence-electron chi connectivity index (χ4n) is 2.98. The number of benzene rings is 2. The number of thiazole rings is 1. The number of carbonyl (C=O) groups excluding carboxylic acids is 3. The second-order valence-corrected chi connectivity index (χ2v) is 8.45. The van der Waals surface area contributed by atoms with Crippen LogP contribution in [0.25, 0.3) is 0 Å². The minimum atomic E-state index is -0.389. The van der Waals surface area contributed by atoms with E-state index in [0.29, 0.717) is 40.1 Å². The number of hydrogen-bond donors (Lipinski definition) is 2. The number of aromatic nitrogens is 1. The molecule has 172 valence electrons. The van der Waals surface area contributed by atoms with Gasteiger partial charge >= 0.3 is 0 Å². The number of hydrogen-bond acceptors (Lipinski definition) is 5. The highest BCUT2D eigenvalue weighted by molar-refractivity contribution is 7.13. The number of nitrogens with zero attached hydrogens (tertiary/aromatic N) is 2. The Bertz CT molecular complexity index is 1120. The SMILES string of the molecule is CCCN(CC(=O)Nc1nc(CC(=O)Nc2ccc(F)cc2)cs1)C(=O)c1ccc(Cl)cc1. The van der Waals surface area contributed by atoms with Gasteiger partial charge in [0.25, 0.3) is 5.91 Å². The Hall–Kier alpha value is -3.30. The molecule has 0 unspecified atom stereocenters. The van der Waals surface area contributed by atoms with E-state index in [4.69, 9.17) is 11.6 Å². The van der Waals surface area contributed by atoms with Crippen molar-refractivity contribution in [3.8, 4) is 0 Å². The third-order valence-corrected chi connectivity index (χ3v) is 5.53.